The first-order valence-electron chi connectivity index (χ1n) is 2.63. The van der Waals surface area contributed by atoms with Crippen molar-refractivity contribution in [2.45, 2.75) is 0 Å². The molecule has 5 nitrogen and oxygen atoms in total. The Kier molecular flexibility index (Phi) is 1.57. The summed E-state index contributed by atoms with van der Waals surface area (Å²) in [5, 5.41) is 0. The Balaban J connectivity index is 2.85. The molecule has 1 aromatic rings. The Hall–Kier alpha value is -1.52. The number of carbonyl (C=O) groups is 1. The molecule has 0 fully saturated rings. The summed E-state index contributed by atoms with van der Waals surface area (Å²) in [6.45, 7) is 0. The number of methoxy groups -OCH3 is 1. The molecule has 0 atom stereocenters. The fraction of sp³-hybridized carbons (Fsp3) is 0.200. The molecular weight excluding hydrogens is 134 g/mol. The number of hydrogen-bond donors (Lipinski definition) is 2. The number of rotatable bonds is 1. The highest BCUT2D eigenvalue weighted by molar-refractivity contribution is 5.85. The molecule has 10 heavy (non-hydrogen) atoms. The molecule has 0 aliphatic rings. The Morgan fingerprint density at radius 3 is 3.00 bits per heavy atom. The Bertz CT molecular complexity index is 243. The van der Waals surface area contributed by atoms with Gasteiger partial charge in [0.2, 0.25) is 5.82 Å². The van der Waals surface area contributed by atoms with Crippen molar-refractivity contribution >= 4 is 11.8 Å². The first kappa shape index (κ1) is 6.60. The maximum absolute atomic E-state index is 10.7. The molecule has 0 spiro atoms. The maximum Gasteiger partial charge on any atom is 0.374 e. The highest BCUT2D eigenvalue weighted by Crippen LogP contribution is 1.97. The van der Waals surface area contributed by atoms with Crippen LogP contribution in [0.1, 0.15) is 10.6 Å². The maximum atomic E-state index is 10.7. The second-order valence-corrected chi connectivity index (χ2v) is 1.68. The lowest BCUT2D eigenvalue weighted by Crippen LogP contribution is -2.03. The van der Waals surface area contributed by atoms with Crippen LogP contribution >= 0.6 is 0 Å². The van der Waals surface area contributed by atoms with Crippen molar-refractivity contribution in [1.29, 1.82) is 0 Å². The first-order valence-corrected chi connectivity index (χ1v) is 2.63. The molecule has 0 bridgehead atoms. The van der Waals surface area contributed by atoms with Gasteiger partial charge in [0, 0.05) is 0 Å². The summed E-state index contributed by atoms with van der Waals surface area (Å²) in [7, 11) is 1.28. The van der Waals surface area contributed by atoms with Crippen LogP contribution in [0.2, 0.25) is 0 Å². The average Bonchev–Trinajstić information content (AvgIpc) is 2.34. The van der Waals surface area contributed by atoms with Crippen molar-refractivity contribution < 1.29 is 9.53 Å². The molecule has 3 N–H and O–H groups in total. The van der Waals surface area contributed by atoms with Gasteiger partial charge in [0.25, 0.3) is 0 Å². The van der Waals surface area contributed by atoms with E-state index in [1.807, 2.05) is 0 Å². The van der Waals surface area contributed by atoms with E-state index in [1.54, 1.807) is 0 Å². The molecule has 0 unspecified atom stereocenters. The van der Waals surface area contributed by atoms with E-state index >= 15 is 0 Å². The zero-order valence-electron chi connectivity index (χ0n) is 5.42. The smallest absolute Gasteiger partial charge is 0.374 e. The van der Waals surface area contributed by atoms with Crippen LogP contribution < -0.4 is 5.73 Å². The van der Waals surface area contributed by atoms with Crippen molar-refractivity contribution in [3.05, 3.63) is 12.0 Å². The molecule has 1 aromatic heterocycles. The van der Waals surface area contributed by atoms with Crippen LogP contribution in [0.25, 0.3) is 0 Å². The number of hydrogen-bond acceptors (Lipinski definition) is 4. The lowest BCUT2D eigenvalue weighted by Gasteiger charge is -1.90. The van der Waals surface area contributed by atoms with Gasteiger partial charge in [-0.2, -0.15) is 0 Å². The van der Waals surface area contributed by atoms with Gasteiger partial charge >= 0.3 is 5.97 Å². The number of H-pyrrole nitrogens is 1. The van der Waals surface area contributed by atoms with E-state index < -0.39 is 5.97 Å². The predicted octanol–water partition coefficient (Wildman–Crippen LogP) is -0.222. The van der Waals surface area contributed by atoms with E-state index in [-0.39, 0.29) is 5.82 Å². The summed E-state index contributed by atoms with van der Waals surface area (Å²) in [4.78, 5) is 16.8. The molecule has 0 saturated heterocycles. The normalized spacial score (nSPS) is 9.30. The Morgan fingerprint density at radius 2 is 2.60 bits per heavy atom. The molecule has 1 rings (SSSR count). The minimum Gasteiger partial charge on any atom is -0.463 e. The molecule has 0 radical (unpaired) electrons. The fourth-order valence-electron chi connectivity index (χ4n) is 0.536. The summed E-state index contributed by atoms with van der Waals surface area (Å²) in [6, 6.07) is 0. The Labute approximate surface area is 57.2 Å². The molecule has 0 saturated carbocycles. The van der Waals surface area contributed by atoms with Gasteiger partial charge in [-0.05, 0) is 0 Å². The number of aromatic amines is 1. The molecular formula is C5H7N3O2. The van der Waals surface area contributed by atoms with Crippen molar-refractivity contribution in [2.75, 3.05) is 12.8 Å². The number of carbonyl (C=O) groups excluding carboxylic acids is 1. The molecule has 5 heteroatoms. The minimum absolute atomic E-state index is 0.125. The monoisotopic (exact) mass is 141 g/mol. The number of imidazole rings is 1. The SMILES string of the molecule is COC(=O)c1ncc(N)[nH]1. The second kappa shape index (κ2) is 2.38. The lowest BCUT2D eigenvalue weighted by atomic mass is 10.6. The molecule has 54 valence electrons. The number of nitrogens with two attached hydrogens (primary N) is 1. The van der Waals surface area contributed by atoms with Crippen LogP contribution in [-0.2, 0) is 4.74 Å². The molecule has 0 aliphatic carbocycles. The molecule has 0 aromatic carbocycles. The molecule has 1 heterocycles. The van der Waals surface area contributed by atoms with Gasteiger partial charge in [0.1, 0.15) is 5.82 Å². The van der Waals surface area contributed by atoms with Gasteiger partial charge in [0.15, 0.2) is 0 Å². The number of esters is 1. The first-order chi connectivity index (χ1) is 4.74. The molecule has 0 amide bonds. The van der Waals surface area contributed by atoms with Crippen LogP contribution in [0.3, 0.4) is 0 Å². The summed E-state index contributed by atoms with van der Waals surface area (Å²) >= 11 is 0. The standard InChI is InChI=1S/C5H7N3O2/c1-10-5(9)4-7-2-3(6)8-4/h2H,6H2,1H3,(H,7,8). The lowest BCUT2D eigenvalue weighted by molar-refractivity contribution is 0.0588. The van der Waals surface area contributed by atoms with Crippen molar-refractivity contribution in [3.8, 4) is 0 Å². The third kappa shape index (κ3) is 1.07. The highest BCUT2D eigenvalue weighted by Gasteiger charge is 2.07. The van der Waals surface area contributed by atoms with Crippen molar-refractivity contribution in [1.82, 2.24) is 9.97 Å². The second-order valence-electron chi connectivity index (χ2n) is 1.68. The third-order valence-corrected chi connectivity index (χ3v) is 0.974. The number of ether oxygens (including phenoxy) is 1. The highest BCUT2D eigenvalue weighted by atomic mass is 16.5. The molecule has 0 aliphatic heterocycles. The quantitative estimate of drug-likeness (QED) is 0.530. The third-order valence-electron chi connectivity index (χ3n) is 0.974. The van der Waals surface area contributed by atoms with E-state index in [9.17, 15) is 4.79 Å². The fourth-order valence-corrected chi connectivity index (χ4v) is 0.536. The predicted molar refractivity (Wildman–Crippen MR) is 34.3 cm³/mol. The van der Waals surface area contributed by atoms with Gasteiger partial charge in [-0.15, -0.1) is 0 Å². The van der Waals surface area contributed by atoms with E-state index in [0.29, 0.717) is 5.82 Å². The summed E-state index contributed by atoms with van der Waals surface area (Å²) in [5.41, 5.74) is 5.25. The summed E-state index contributed by atoms with van der Waals surface area (Å²) in [6.07, 6.45) is 1.35. The largest absolute Gasteiger partial charge is 0.463 e. The van der Waals surface area contributed by atoms with E-state index in [2.05, 4.69) is 14.7 Å². The number of anilines is 1. The van der Waals surface area contributed by atoms with Gasteiger partial charge < -0.3 is 15.5 Å². The van der Waals surface area contributed by atoms with Gasteiger partial charge in [-0.1, -0.05) is 0 Å². The number of nitrogen functional groups attached to an aromatic ring is 1. The van der Waals surface area contributed by atoms with Gasteiger partial charge in [-0.3, -0.25) is 0 Å². The van der Waals surface area contributed by atoms with Crippen LogP contribution in [0.5, 0.6) is 0 Å². The van der Waals surface area contributed by atoms with Crippen LogP contribution in [-0.4, -0.2) is 23.0 Å². The van der Waals surface area contributed by atoms with E-state index in [4.69, 9.17) is 5.73 Å². The van der Waals surface area contributed by atoms with Crippen LogP contribution in [0, 0.1) is 0 Å². The summed E-state index contributed by atoms with van der Waals surface area (Å²) < 4.78 is 4.36. The number of aromatic nitrogens is 2. The van der Waals surface area contributed by atoms with Gasteiger partial charge in [0.05, 0.1) is 13.3 Å². The van der Waals surface area contributed by atoms with Crippen LogP contribution in [0.4, 0.5) is 5.82 Å². The zero-order valence-corrected chi connectivity index (χ0v) is 5.42. The van der Waals surface area contributed by atoms with E-state index in [0.717, 1.165) is 0 Å². The minimum atomic E-state index is -0.517. The number of nitrogens with one attached hydrogen (secondary N) is 1. The average molecular weight is 141 g/mol. The van der Waals surface area contributed by atoms with E-state index in [1.165, 1.54) is 13.3 Å². The summed E-state index contributed by atoms with van der Waals surface area (Å²) in [5.74, 6) is -0.0444. The van der Waals surface area contributed by atoms with Crippen LogP contribution in [0.15, 0.2) is 6.20 Å². The van der Waals surface area contributed by atoms with Crippen molar-refractivity contribution in [2.24, 2.45) is 0 Å². The Morgan fingerprint density at radius 1 is 1.90 bits per heavy atom. The zero-order chi connectivity index (χ0) is 7.56. The van der Waals surface area contributed by atoms with Gasteiger partial charge in [-0.25, -0.2) is 9.78 Å². The topological polar surface area (TPSA) is 81.0 Å². The van der Waals surface area contributed by atoms with Crippen molar-refractivity contribution in [3.63, 3.8) is 0 Å². The number of nitrogens with zero attached hydrogens (tertiary/aromatic N) is 1.